The maximum Gasteiger partial charge on any atom is 0.343 e. The van der Waals surface area contributed by atoms with E-state index in [2.05, 4.69) is 41.6 Å². The van der Waals surface area contributed by atoms with Gasteiger partial charge in [0.15, 0.2) is 29.5 Å². The lowest BCUT2D eigenvalue weighted by atomic mass is 9.95. The molecule has 0 amide bonds. The van der Waals surface area contributed by atoms with Crippen LogP contribution in [-0.4, -0.2) is 61.1 Å². The molecule has 0 fully saturated rings. The van der Waals surface area contributed by atoms with E-state index in [1.54, 1.807) is 57.2 Å². The summed E-state index contributed by atoms with van der Waals surface area (Å²) in [6.45, 7) is 4.69. The fourth-order valence-corrected chi connectivity index (χ4v) is 6.97. The number of aromatic nitrogens is 1. The Kier molecular flexibility index (Phi) is 11.2. The smallest absolute Gasteiger partial charge is 0.343 e. The standard InChI is InChI=1S/C30H28Br2N2O10S/c1-5-41-21-12-17(7-8-20(21)43-14-24(37)40-4)26-25(29(39)42-6-2)15(3)33-30-34(26)28(38)22(45-30)11-16-9-18(31)27(19(32)10-16)44-13-23(35)36/h7-12,26H,5-6,13-14H2,1-4H3,(H,35,36)/b22-11-/t26-/m0/s1. The summed E-state index contributed by atoms with van der Waals surface area (Å²) in [5, 5.41) is 8.96. The third-order valence-corrected chi connectivity index (χ3v) is 8.49. The highest BCUT2D eigenvalue weighted by Crippen LogP contribution is 2.37. The number of benzene rings is 2. The molecule has 0 aliphatic carbocycles. The van der Waals surface area contributed by atoms with Gasteiger partial charge in [-0.15, -0.1) is 0 Å². The van der Waals surface area contributed by atoms with E-state index in [9.17, 15) is 19.2 Å². The third kappa shape index (κ3) is 7.65. The van der Waals surface area contributed by atoms with Crippen molar-refractivity contribution in [1.82, 2.24) is 4.57 Å². The Morgan fingerprint density at radius 3 is 2.36 bits per heavy atom. The molecule has 1 aliphatic rings. The number of hydrogen-bond acceptors (Lipinski definition) is 11. The molecule has 1 atom stereocenters. The van der Waals surface area contributed by atoms with Crippen molar-refractivity contribution in [2.45, 2.75) is 26.8 Å². The van der Waals surface area contributed by atoms with Crippen LogP contribution in [0.25, 0.3) is 6.08 Å². The molecule has 1 N–H and O–H groups in total. The average Bonchev–Trinajstić information content (AvgIpc) is 3.28. The summed E-state index contributed by atoms with van der Waals surface area (Å²) in [5.41, 5.74) is 1.32. The second kappa shape index (κ2) is 14.9. The third-order valence-electron chi connectivity index (χ3n) is 6.33. The van der Waals surface area contributed by atoms with E-state index in [0.717, 1.165) is 11.3 Å². The van der Waals surface area contributed by atoms with Gasteiger partial charge in [-0.05, 0) is 94.1 Å². The molecule has 0 saturated carbocycles. The Bertz CT molecular complexity index is 1840. The Morgan fingerprint density at radius 2 is 1.73 bits per heavy atom. The second-order valence-electron chi connectivity index (χ2n) is 9.30. The minimum Gasteiger partial charge on any atom is -0.490 e. The van der Waals surface area contributed by atoms with Crippen molar-refractivity contribution in [3.8, 4) is 17.2 Å². The Hall–Kier alpha value is -3.95. The number of allylic oxidation sites excluding steroid dienone is 1. The van der Waals surface area contributed by atoms with Crippen LogP contribution in [0.5, 0.6) is 17.2 Å². The summed E-state index contributed by atoms with van der Waals surface area (Å²) in [6, 6.07) is 7.39. The van der Waals surface area contributed by atoms with Crippen LogP contribution in [0.15, 0.2) is 60.3 Å². The molecule has 15 heteroatoms. The van der Waals surface area contributed by atoms with E-state index in [1.807, 2.05) is 0 Å². The maximum absolute atomic E-state index is 14.0. The predicted molar refractivity (Wildman–Crippen MR) is 170 cm³/mol. The van der Waals surface area contributed by atoms with Gasteiger partial charge in [-0.25, -0.2) is 19.4 Å². The second-order valence-corrected chi connectivity index (χ2v) is 12.0. The van der Waals surface area contributed by atoms with Crippen LogP contribution in [0.4, 0.5) is 0 Å². The maximum atomic E-state index is 14.0. The van der Waals surface area contributed by atoms with Crippen molar-refractivity contribution in [1.29, 1.82) is 0 Å². The molecule has 1 aromatic heterocycles. The zero-order chi connectivity index (χ0) is 32.8. The number of rotatable bonds is 12. The topological polar surface area (TPSA) is 152 Å². The molecular formula is C30H28Br2N2O10S. The van der Waals surface area contributed by atoms with E-state index < -0.39 is 36.1 Å². The van der Waals surface area contributed by atoms with E-state index in [4.69, 9.17) is 24.1 Å². The Morgan fingerprint density at radius 1 is 1.02 bits per heavy atom. The van der Waals surface area contributed by atoms with Crippen LogP contribution >= 0.6 is 43.2 Å². The summed E-state index contributed by atoms with van der Waals surface area (Å²) < 4.78 is 29.5. The normalized spacial score (nSPS) is 14.4. The van der Waals surface area contributed by atoms with E-state index in [1.165, 1.54) is 11.7 Å². The highest BCUT2D eigenvalue weighted by atomic mass is 79.9. The minimum atomic E-state index is -1.12. The molecule has 0 radical (unpaired) electrons. The molecule has 0 bridgehead atoms. The van der Waals surface area contributed by atoms with Gasteiger partial charge in [-0.2, -0.15) is 0 Å². The quantitative estimate of drug-likeness (QED) is 0.270. The van der Waals surface area contributed by atoms with Gasteiger partial charge < -0.3 is 28.8 Å². The average molecular weight is 768 g/mol. The highest BCUT2D eigenvalue weighted by Gasteiger charge is 2.34. The summed E-state index contributed by atoms with van der Waals surface area (Å²) >= 11 is 7.94. The Labute approximate surface area is 277 Å². The molecule has 12 nitrogen and oxygen atoms in total. The number of methoxy groups -OCH3 is 1. The number of thiazole rings is 1. The lowest BCUT2D eigenvalue weighted by Crippen LogP contribution is -2.40. The van der Waals surface area contributed by atoms with Crippen LogP contribution < -0.4 is 29.1 Å². The number of carboxylic acids is 1. The van der Waals surface area contributed by atoms with Gasteiger partial charge >= 0.3 is 17.9 Å². The molecular weight excluding hydrogens is 740 g/mol. The number of carboxylic acid groups (broad SMARTS) is 1. The van der Waals surface area contributed by atoms with Gasteiger partial charge in [0.25, 0.3) is 5.56 Å². The number of carbonyl (C=O) groups is 3. The number of nitrogens with zero attached hydrogens (tertiary/aromatic N) is 2. The largest absolute Gasteiger partial charge is 0.490 e. The van der Waals surface area contributed by atoms with E-state index in [-0.39, 0.29) is 31.1 Å². The molecule has 1 aliphatic heterocycles. The van der Waals surface area contributed by atoms with Crippen molar-refractivity contribution >= 4 is 67.2 Å². The molecule has 2 aromatic carbocycles. The lowest BCUT2D eigenvalue weighted by Gasteiger charge is -2.25. The summed E-state index contributed by atoms with van der Waals surface area (Å²) in [5.74, 6) is -1.43. The van der Waals surface area contributed by atoms with Crippen molar-refractivity contribution in [2.24, 2.45) is 4.99 Å². The molecule has 4 rings (SSSR count). The number of fused-ring (bicyclic) bond motifs is 1. The van der Waals surface area contributed by atoms with Crippen LogP contribution in [0.1, 0.15) is 37.9 Å². The van der Waals surface area contributed by atoms with Crippen molar-refractivity contribution in [3.05, 3.63) is 81.4 Å². The van der Waals surface area contributed by atoms with Gasteiger partial charge in [0, 0.05) is 0 Å². The van der Waals surface area contributed by atoms with Gasteiger partial charge in [0.1, 0.15) is 5.75 Å². The van der Waals surface area contributed by atoms with E-state index >= 15 is 0 Å². The first-order valence-corrected chi connectivity index (χ1v) is 15.9. The van der Waals surface area contributed by atoms with Crippen molar-refractivity contribution in [2.75, 3.05) is 33.5 Å². The number of aliphatic carboxylic acids is 1. The highest BCUT2D eigenvalue weighted by molar-refractivity contribution is 9.11. The molecule has 45 heavy (non-hydrogen) atoms. The first kappa shape index (κ1) is 33.9. The minimum absolute atomic E-state index is 0.118. The first-order chi connectivity index (χ1) is 21.5. The van der Waals surface area contributed by atoms with Gasteiger partial charge in [-0.1, -0.05) is 17.4 Å². The summed E-state index contributed by atoms with van der Waals surface area (Å²) in [4.78, 5) is 54.9. The van der Waals surface area contributed by atoms with Gasteiger partial charge in [0.05, 0.1) is 51.1 Å². The molecule has 0 unspecified atom stereocenters. The monoisotopic (exact) mass is 766 g/mol. The lowest BCUT2D eigenvalue weighted by molar-refractivity contribution is -0.143. The summed E-state index contributed by atoms with van der Waals surface area (Å²) in [7, 11) is 1.25. The van der Waals surface area contributed by atoms with Crippen LogP contribution in [0.3, 0.4) is 0 Å². The summed E-state index contributed by atoms with van der Waals surface area (Å²) in [6.07, 6.45) is 1.66. The fraction of sp³-hybridized carbons (Fsp3) is 0.300. The predicted octanol–water partition coefficient (Wildman–Crippen LogP) is 3.74. The van der Waals surface area contributed by atoms with Crippen molar-refractivity contribution in [3.63, 3.8) is 0 Å². The molecule has 0 saturated heterocycles. The van der Waals surface area contributed by atoms with Crippen LogP contribution in [0, 0.1) is 0 Å². The fourth-order valence-electron chi connectivity index (χ4n) is 4.47. The molecule has 2 heterocycles. The van der Waals surface area contributed by atoms with Crippen molar-refractivity contribution < 1.29 is 43.2 Å². The first-order valence-electron chi connectivity index (χ1n) is 13.5. The molecule has 3 aromatic rings. The van der Waals surface area contributed by atoms with E-state index in [0.29, 0.717) is 46.6 Å². The van der Waals surface area contributed by atoms with Crippen LogP contribution in [0.2, 0.25) is 0 Å². The SMILES string of the molecule is CCOC(=O)C1=C(C)N=c2s/c(=C\c3cc(Br)c(OCC(=O)O)c(Br)c3)c(=O)n2[C@H]1c1ccc(OCC(=O)OC)c(OCC)c1. The number of esters is 2. The number of ether oxygens (including phenoxy) is 5. The van der Waals surface area contributed by atoms with Gasteiger partial charge in [-0.3, -0.25) is 9.36 Å². The van der Waals surface area contributed by atoms with Gasteiger partial charge in [0.2, 0.25) is 0 Å². The zero-order valence-electron chi connectivity index (χ0n) is 24.5. The van der Waals surface area contributed by atoms with Crippen LogP contribution in [-0.2, 0) is 23.9 Å². The Balaban J connectivity index is 1.87. The number of carbonyl (C=O) groups excluding carboxylic acids is 2. The number of hydrogen-bond donors (Lipinski definition) is 1. The molecule has 238 valence electrons. The molecule has 0 spiro atoms. The number of halogens is 2. The zero-order valence-corrected chi connectivity index (χ0v) is 28.5.